The molecule has 1 amide bonds. The maximum Gasteiger partial charge on any atom is 0.234 e. The molecule has 0 saturated heterocycles. The third-order valence-corrected chi connectivity index (χ3v) is 4.14. The molecule has 1 aromatic carbocycles. The van der Waals surface area contributed by atoms with Crippen molar-refractivity contribution in [2.24, 2.45) is 0 Å². The third kappa shape index (κ3) is 5.63. The number of anilines is 1. The number of thioether (sulfide) groups is 1. The van der Waals surface area contributed by atoms with Gasteiger partial charge < -0.3 is 10.4 Å². The summed E-state index contributed by atoms with van der Waals surface area (Å²) in [7, 11) is 0. The van der Waals surface area contributed by atoms with Crippen LogP contribution in [0.4, 0.5) is 5.69 Å². The number of aliphatic hydroxyl groups excluding tert-OH is 1. The molecule has 0 aliphatic carbocycles. The standard InChI is InChI=1S/C16H21NO3S/c1-10(2)13-5-7-14(8-6-13)17-15(20)9-21-16(11(3)18)12(4)19/h5-8,10,18H,9H2,1-4H3,(H,17,20). The van der Waals surface area contributed by atoms with Gasteiger partial charge in [0.15, 0.2) is 5.78 Å². The van der Waals surface area contributed by atoms with E-state index in [1.807, 2.05) is 24.3 Å². The minimum atomic E-state index is -0.242. The van der Waals surface area contributed by atoms with E-state index in [-0.39, 0.29) is 28.1 Å². The van der Waals surface area contributed by atoms with Gasteiger partial charge in [-0.25, -0.2) is 0 Å². The van der Waals surface area contributed by atoms with Crippen molar-refractivity contribution in [3.63, 3.8) is 0 Å². The molecule has 114 valence electrons. The zero-order valence-corrected chi connectivity index (χ0v) is 13.6. The molecule has 0 aliphatic heterocycles. The Hall–Kier alpha value is -1.75. The fourth-order valence-corrected chi connectivity index (χ4v) is 2.51. The van der Waals surface area contributed by atoms with Crippen LogP contribution < -0.4 is 5.32 Å². The summed E-state index contributed by atoms with van der Waals surface area (Å²) in [6.07, 6.45) is 0. The Balaban J connectivity index is 2.58. The average molecular weight is 307 g/mol. The first-order valence-electron chi connectivity index (χ1n) is 6.74. The highest BCUT2D eigenvalue weighted by molar-refractivity contribution is 8.04. The van der Waals surface area contributed by atoms with Crippen LogP contribution in [0, 0.1) is 0 Å². The number of hydrogen-bond acceptors (Lipinski definition) is 4. The molecule has 21 heavy (non-hydrogen) atoms. The number of carbonyl (C=O) groups is 2. The molecule has 0 bridgehead atoms. The summed E-state index contributed by atoms with van der Waals surface area (Å²) in [6.45, 7) is 7.02. The van der Waals surface area contributed by atoms with Gasteiger partial charge in [0.1, 0.15) is 5.76 Å². The number of hydrogen-bond donors (Lipinski definition) is 2. The summed E-state index contributed by atoms with van der Waals surface area (Å²) < 4.78 is 0. The maximum atomic E-state index is 11.8. The van der Waals surface area contributed by atoms with Crippen LogP contribution >= 0.6 is 11.8 Å². The summed E-state index contributed by atoms with van der Waals surface area (Å²) in [6, 6.07) is 7.67. The Morgan fingerprint density at radius 2 is 1.76 bits per heavy atom. The lowest BCUT2D eigenvalue weighted by molar-refractivity contribution is -0.114. The molecule has 5 heteroatoms. The van der Waals surface area contributed by atoms with Gasteiger partial charge in [0, 0.05) is 5.69 Å². The zero-order valence-electron chi connectivity index (χ0n) is 12.8. The number of rotatable bonds is 6. The fraction of sp³-hybridized carbons (Fsp3) is 0.375. The molecule has 0 heterocycles. The predicted molar refractivity (Wildman–Crippen MR) is 87.6 cm³/mol. The molecular weight excluding hydrogens is 286 g/mol. The second-order valence-corrected chi connectivity index (χ2v) is 6.07. The smallest absolute Gasteiger partial charge is 0.234 e. The predicted octanol–water partition coefficient (Wildman–Crippen LogP) is 3.86. The summed E-state index contributed by atoms with van der Waals surface area (Å²) in [5, 5.41) is 12.1. The quantitative estimate of drug-likeness (QED) is 0.618. The van der Waals surface area contributed by atoms with Crippen molar-refractivity contribution in [1.82, 2.24) is 0 Å². The van der Waals surface area contributed by atoms with Gasteiger partial charge >= 0.3 is 0 Å². The highest BCUT2D eigenvalue weighted by Crippen LogP contribution is 2.21. The van der Waals surface area contributed by atoms with Crippen LogP contribution in [0.1, 0.15) is 39.2 Å². The fourth-order valence-electron chi connectivity index (χ4n) is 1.75. The third-order valence-electron chi connectivity index (χ3n) is 2.86. The van der Waals surface area contributed by atoms with Gasteiger partial charge in [0.25, 0.3) is 0 Å². The lowest BCUT2D eigenvalue weighted by Gasteiger charge is -2.09. The first-order chi connectivity index (χ1) is 9.81. The van der Waals surface area contributed by atoms with Crippen LogP contribution in [0.5, 0.6) is 0 Å². The maximum absolute atomic E-state index is 11.8. The van der Waals surface area contributed by atoms with Crippen molar-refractivity contribution in [2.45, 2.75) is 33.6 Å². The Labute approximate surface area is 129 Å². The minimum Gasteiger partial charge on any atom is -0.511 e. The van der Waals surface area contributed by atoms with Crippen LogP contribution in [0.3, 0.4) is 0 Å². The Bertz CT molecular complexity index is 543. The van der Waals surface area contributed by atoms with Gasteiger partial charge in [-0.15, -0.1) is 11.8 Å². The van der Waals surface area contributed by atoms with Gasteiger partial charge in [0.05, 0.1) is 10.7 Å². The summed E-state index contributed by atoms with van der Waals surface area (Å²) in [4.78, 5) is 23.3. The molecule has 0 aliphatic rings. The molecule has 0 aromatic heterocycles. The van der Waals surface area contributed by atoms with Crippen molar-refractivity contribution in [3.8, 4) is 0 Å². The van der Waals surface area contributed by atoms with Gasteiger partial charge in [0.2, 0.25) is 5.91 Å². The average Bonchev–Trinajstić information content (AvgIpc) is 2.38. The summed E-state index contributed by atoms with van der Waals surface area (Å²) >= 11 is 1.04. The van der Waals surface area contributed by atoms with E-state index < -0.39 is 0 Å². The largest absolute Gasteiger partial charge is 0.511 e. The van der Waals surface area contributed by atoms with Crippen LogP contribution in [0.25, 0.3) is 0 Å². The van der Waals surface area contributed by atoms with Gasteiger partial charge in [-0.1, -0.05) is 26.0 Å². The van der Waals surface area contributed by atoms with E-state index >= 15 is 0 Å². The molecule has 1 rings (SSSR count). The molecule has 0 atom stereocenters. The topological polar surface area (TPSA) is 66.4 Å². The summed E-state index contributed by atoms with van der Waals surface area (Å²) in [5.74, 6) is 0.0210. The van der Waals surface area contributed by atoms with E-state index in [9.17, 15) is 14.7 Å². The number of benzene rings is 1. The van der Waals surface area contributed by atoms with Crippen molar-refractivity contribution < 1.29 is 14.7 Å². The number of aliphatic hydroxyl groups is 1. The molecule has 0 spiro atoms. The number of allylic oxidation sites excluding steroid dienone is 2. The molecular formula is C16H21NO3S. The van der Waals surface area contributed by atoms with Crippen LogP contribution in [-0.2, 0) is 9.59 Å². The van der Waals surface area contributed by atoms with Gasteiger partial charge in [-0.05, 0) is 37.5 Å². The van der Waals surface area contributed by atoms with Crippen molar-refractivity contribution >= 4 is 29.1 Å². The number of nitrogens with one attached hydrogen (secondary N) is 1. The molecule has 0 unspecified atom stereocenters. The summed E-state index contributed by atoms with van der Waals surface area (Å²) in [5.41, 5.74) is 1.93. The second-order valence-electron chi connectivity index (χ2n) is 5.08. The van der Waals surface area contributed by atoms with Crippen molar-refractivity contribution in [1.29, 1.82) is 0 Å². The highest BCUT2D eigenvalue weighted by Gasteiger charge is 2.12. The normalized spacial score (nSPS) is 12.0. The second kappa shape index (κ2) is 7.88. The lowest BCUT2D eigenvalue weighted by atomic mass is 10.0. The first kappa shape index (κ1) is 17.3. The Kier molecular flexibility index (Phi) is 6.49. The number of Topliss-reactive ketones (excluding diaryl/α,β-unsaturated/α-hetero) is 1. The molecule has 0 radical (unpaired) electrons. The van der Waals surface area contributed by atoms with Gasteiger partial charge in [-0.3, -0.25) is 9.59 Å². The highest BCUT2D eigenvalue weighted by atomic mass is 32.2. The molecule has 1 aromatic rings. The monoisotopic (exact) mass is 307 g/mol. The number of amides is 1. The van der Waals surface area contributed by atoms with E-state index in [1.165, 1.54) is 19.4 Å². The number of carbonyl (C=O) groups excluding carboxylic acids is 2. The van der Waals surface area contributed by atoms with Crippen LogP contribution in [0.15, 0.2) is 34.9 Å². The van der Waals surface area contributed by atoms with E-state index in [2.05, 4.69) is 19.2 Å². The Morgan fingerprint density at radius 1 is 1.19 bits per heavy atom. The van der Waals surface area contributed by atoms with Crippen molar-refractivity contribution in [2.75, 3.05) is 11.1 Å². The zero-order chi connectivity index (χ0) is 16.0. The Morgan fingerprint density at radius 3 is 2.19 bits per heavy atom. The van der Waals surface area contributed by atoms with Crippen LogP contribution in [0.2, 0.25) is 0 Å². The van der Waals surface area contributed by atoms with E-state index in [4.69, 9.17) is 0 Å². The molecule has 0 saturated carbocycles. The van der Waals surface area contributed by atoms with E-state index in [0.717, 1.165) is 17.4 Å². The number of ketones is 1. The molecule has 4 nitrogen and oxygen atoms in total. The molecule has 2 N–H and O–H groups in total. The molecule has 0 fully saturated rings. The minimum absolute atomic E-state index is 0.0541. The van der Waals surface area contributed by atoms with E-state index in [1.54, 1.807) is 0 Å². The lowest BCUT2D eigenvalue weighted by Crippen LogP contribution is -2.15. The van der Waals surface area contributed by atoms with E-state index in [0.29, 0.717) is 5.92 Å². The van der Waals surface area contributed by atoms with Crippen molar-refractivity contribution in [3.05, 3.63) is 40.5 Å². The SMILES string of the molecule is CC(=O)C(SCC(=O)Nc1ccc(C(C)C)cc1)=C(C)O. The first-order valence-corrected chi connectivity index (χ1v) is 7.73. The van der Waals surface area contributed by atoms with Crippen LogP contribution in [-0.4, -0.2) is 22.5 Å². The van der Waals surface area contributed by atoms with Gasteiger partial charge in [-0.2, -0.15) is 0 Å².